The van der Waals surface area contributed by atoms with Gasteiger partial charge in [-0.25, -0.2) is 0 Å². The van der Waals surface area contributed by atoms with E-state index in [2.05, 4.69) is 16.7 Å². The highest BCUT2D eigenvalue weighted by molar-refractivity contribution is 5.94. The Morgan fingerprint density at radius 1 is 0.864 bits per heavy atom. The summed E-state index contributed by atoms with van der Waals surface area (Å²) in [6.45, 7) is 0. The zero-order valence-electron chi connectivity index (χ0n) is 13.3. The van der Waals surface area contributed by atoms with Gasteiger partial charge in [-0.2, -0.15) is 4.58 Å². The molecule has 3 rings (SSSR count). The van der Waals surface area contributed by atoms with Crippen molar-refractivity contribution in [3.8, 4) is 11.5 Å². The second-order valence-electron chi connectivity index (χ2n) is 5.22. The predicted octanol–water partition coefficient (Wildman–Crippen LogP) is 2.84. The number of benzene rings is 2. The first-order valence-electron chi connectivity index (χ1n) is 7.16. The van der Waals surface area contributed by atoms with Crippen LogP contribution < -0.4 is 9.47 Å². The van der Waals surface area contributed by atoms with Gasteiger partial charge in [0.2, 0.25) is 6.04 Å². The zero-order valence-corrected chi connectivity index (χ0v) is 13.3. The van der Waals surface area contributed by atoms with Gasteiger partial charge in [-0.05, 0) is 18.2 Å². The molecular weight excluding hydrogens is 278 g/mol. The molecule has 0 amide bonds. The molecule has 1 unspecified atom stereocenters. The normalized spacial score (nSPS) is 16.5. The van der Waals surface area contributed by atoms with E-state index < -0.39 is 0 Å². The van der Waals surface area contributed by atoms with Crippen LogP contribution in [0, 0.1) is 0 Å². The maximum atomic E-state index is 5.60. The maximum absolute atomic E-state index is 5.60. The minimum atomic E-state index is 0.0620. The summed E-state index contributed by atoms with van der Waals surface area (Å²) in [5, 5.41) is 0. The van der Waals surface area contributed by atoms with Crippen LogP contribution in [0.1, 0.15) is 22.7 Å². The van der Waals surface area contributed by atoms with Crippen LogP contribution in [0.2, 0.25) is 0 Å². The molecule has 2 aromatic carbocycles. The number of ether oxygens (including phenoxy) is 3. The fourth-order valence-corrected chi connectivity index (χ4v) is 3.12. The van der Waals surface area contributed by atoms with Crippen LogP contribution in [0.25, 0.3) is 0 Å². The van der Waals surface area contributed by atoms with E-state index in [1.54, 1.807) is 21.3 Å². The standard InChI is InChI=1S/C18H20NO3/c1-19-17(13-7-5-6-8-14(13)18(19)22-4)15-10-9-12(20-2)11-16(15)21-3/h5-11,17H,1-4H3/q+1. The molecule has 1 aliphatic rings. The molecule has 1 heterocycles. The topological polar surface area (TPSA) is 30.7 Å². The van der Waals surface area contributed by atoms with Crippen molar-refractivity contribution in [1.82, 2.24) is 0 Å². The highest BCUT2D eigenvalue weighted by atomic mass is 16.5. The Morgan fingerprint density at radius 3 is 2.32 bits per heavy atom. The third kappa shape index (κ3) is 2.11. The number of rotatable bonds is 3. The predicted molar refractivity (Wildman–Crippen MR) is 85.1 cm³/mol. The molecule has 4 heteroatoms. The summed E-state index contributed by atoms with van der Waals surface area (Å²) in [6.07, 6.45) is 0. The molecule has 2 aromatic rings. The SMILES string of the molecule is COC1=[N+](C)C(c2ccc(OC)cc2OC)c2ccccc21. The van der Waals surface area contributed by atoms with Crippen LogP contribution in [0.5, 0.6) is 11.5 Å². The van der Waals surface area contributed by atoms with Gasteiger partial charge in [0.1, 0.15) is 18.5 Å². The molecule has 0 radical (unpaired) electrons. The van der Waals surface area contributed by atoms with Crippen molar-refractivity contribution < 1.29 is 18.8 Å². The van der Waals surface area contributed by atoms with Crippen LogP contribution in [0.4, 0.5) is 0 Å². The lowest BCUT2D eigenvalue weighted by Crippen LogP contribution is -2.17. The van der Waals surface area contributed by atoms with E-state index in [1.807, 2.05) is 37.4 Å². The van der Waals surface area contributed by atoms with Gasteiger partial charge in [0.15, 0.2) is 0 Å². The van der Waals surface area contributed by atoms with E-state index in [1.165, 1.54) is 5.56 Å². The van der Waals surface area contributed by atoms with Gasteiger partial charge < -0.3 is 14.2 Å². The van der Waals surface area contributed by atoms with E-state index in [-0.39, 0.29) is 6.04 Å². The van der Waals surface area contributed by atoms with Gasteiger partial charge >= 0.3 is 5.90 Å². The highest BCUT2D eigenvalue weighted by Crippen LogP contribution is 2.39. The monoisotopic (exact) mass is 298 g/mol. The molecule has 4 nitrogen and oxygen atoms in total. The molecule has 0 spiro atoms. The third-order valence-electron chi connectivity index (χ3n) is 4.12. The largest absolute Gasteiger partial charge is 0.497 e. The molecular formula is C18H20NO3+. The second kappa shape index (κ2) is 5.72. The molecule has 0 saturated heterocycles. The lowest BCUT2D eigenvalue weighted by Gasteiger charge is -2.14. The average molecular weight is 298 g/mol. The van der Waals surface area contributed by atoms with Gasteiger partial charge in [0.05, 0.1) is 32.5 Å². The van der Waals surface area contributed by atoms with Crippen molar-refractivity contribution in [2.45, 2.75) is 6.04 Å². The van der Waals surface area contributed by atoms with Crippen molar-refractivity contribution >= 4 is 5.90 Å². The van der Waals surface area contributed by atoms with E-state index in [9.17, 15) is 0 Å². The molecule has 1 aliphatic heterocycles. The van der Waals surface area contributed by atoms with Gasteiger partial charge in [-0.3, -0.25) is 0 Å². The quantitative estimate of drug-likeness (QED) is 0.816. The fraction of sp³-hybridized carbons (Fsp3) is 0.278. The molecule has 0 aromatic heterocycles. The Balaban J connectivity index is 2.18. The second-order valence-corrected chi connectivity index (χ2v) is 5.22. The number of methoxy groups -OCH3 is 3. The first-order valence-corrected chi connectivity index (χ1v) is 7.16. The van der Waals surface area contributed by atoms with Crippen LogP contribution in [-0.2, 0) is 4.74 Å². The molecule has 1 atom stereocenters. The third-order valence-corrected chi connectivity index (χ3v) is 4.12. The van der Waals surface area contributed by atoms with E-state index in [0.717, 1.165) is 28.5 Å². The summed E-state index contributed by atoms with van der Waals surface area (Å²) in [5.41, 5.74) is 3.42. The Hall–Kier alpha value is -2.49. The fourth-order valence-electron chi connectivity index (χ4n) is 3.12. The average Bonchev–Trinajstić information content (AvgIpc) is 2.85. The lowest BCUT2D eigenvalue weighted by atomic mass is 9.96. The molecule has 0 aliphatic carbocycles. The van der Waals surface area contributed by atoms with Gasteiger partial charge in [0.25, 0.3) is 0 Å². The zero-order chi connectivity index (χ0) is 15.7. The number of hydrogen-bond donors (Lipinski definition) is 0. The molecule has 0 saturated carbocycles. The maximum Gasteiger partial charge on any atom is 0.370 e. The van der Waals surface area contributed by atoms with Crippen molar-refractivity contribution in [2.75, 3.05) is 28.4 Å². The van der Waals surface area contributed by atoms with Gasteiger partial charge in [-0.15, -0.1) is 0 Å². The van der Waals surface area contributed by atoms with Gasteiger partial charge in [0, 0.05) is 11.6 Å². The smallest absolute Gasteiger partial charge is 0.370 e. The van der Waals surface area contributed by atoms with E-state index >= 15 is 0 Å². The van der Waals surface area contributed by atoms with Gasteiger partial charge in [-0.1, -0.05) is 18.2 Å². The summed E-state index contributed by atoms with van der Waals surface area (Å²) < 4.78 is 18.6. The summed E-state index contributed by atoms with van der Waals surface area (Å²) in [6, 6.07) is 14.3. The minimum absolute atomic E-state index is 0.0620. The molecule has 0 fully saturated rings. The van der Waals surface area contributed by atoms with Crippen LogP contribution in [0.3, 0.4) is 0 Å². The molecule has 0 bridgehead atoms. The Kier molecular flexibility index (Phi) is 3.75. The highest BCUT2D eigenvalue weighted by Gasteiger charge is 2.39. The number of hydrogen-bond acceptors (Lipinski definition) is 3. The number of fused-ring (bicyclic) bond motifs is 1. The first-order chi connectivity index (χ1) is 10.7. The van der Waals surface area contributed by atoms with Crippen molar-refractivity contribution in [3.05, 3.63) is 59.2 Å². The van der Waals surface area contributed by atoms with E-state index in [4.69, 9.17) is 14.2 Å². The Labute approximate surface area is 130 Å². The van der Waals surface area contributed by atoms with Crippen LogP contribution in [-0.4, -0.2) is 38.9 Å². The van der Waals surface area contributed by atoms with Crippen LogP contribution >= 0.6 is 0 Å². The molecule has 114 valence electrons. The molecule has 0 N–H and O–H groups in total. The Morgan fingerprint density at radius 2 is 1.64 bits per heavy atom. The van der Waals surface area contributed by atoms with Crippen molar-refractivity contribution in [3.63, 3.8) is 0 Å². The van der Waals surface area contributed by atoms with E-state index in [0.29, 0.717) is 0 Å². The summed E-state index contributed by atoms with van der Waals surface area (Å²) >= 11 is 0. The van der Waals surface area contributed by atoms with Crippen molar-refractivity contribution in [2.24, 2.45) is 0 Å². The number of nitrogens with zero attached hydrogens (tertiary/aromatic N) is 1. The molecule has 22 heavy (non-hydrogen) atoms. The summed E-state index contributed by atoms with van der Waals surface area (Å²) in [4.78, 5) is 0. The first kappa shape index (κ1) is 14.4. The minimum Gasteiger partial charge on any atom is -0.497 e. The summed E-state index contributed by atoms with van der Waals surface area (Å²) in [7, 11) is 7.08. The van der Waals surface area contributed by atoms with Crippen LogP contribution in [0.15, 0.2) is 42.5 Å². The lowest BCUT2D eigenvalue weighted by molar-refractivity contribution is -0.535. The van der Waals surface area contributed by atoms with Crippen molar-refractivity contribution in [1.29, 1.82) is 0 Å². The summed E-state index contributed by atoms with van der Waals surface area (Å²) in [5.74, 6) is 2.47. The Bertz CT molecular complexity index is 737.